The van der Waals surface area contributed by atoms with Gasteiger partial charge in [0.2, 0.25) is 0 Å². The maximum absolute atomic E-state index is 8.81. The molecule has 0 aliphatic carbocycles. The molecule has 4 heteroatoms. The van der Waals surface area contributed by atoms with Crippen molar-refractivity contribution in [3.8, 4) is 6.07 Å². The van der Waals surface area contributed by atoms with Crippen molar-refractivity contribution in [3.63, 3.8) is 0 Å². The van der Waals surface area contributed by atoms with E-state index in [-0.39, 0.29) is 0 Å². The van der Waals surface area contributed by atoms with Crippen molar-refractivity contribution in [1.82, 2.24) is 0 Å². The molecule has 0 unspecified atom stereocenters. The minimum absolute atomic E-state index is 0.579. The first-order valence-electron chi connectivity index (χ1n) is 3.93. The molecule has 0 bridgehead atoms. The SMILES string of the molecule is N#Cc1sc2ccc(CBr)cc2c1Cl. The summed E-state index contributed by atoms with van der Waals surface area (Å²) in [6.45, 7) is 0. The topological polar surface area (TPSA) is 23.8 Å². The highest BCUT2D eigenvalue weighted by atomic mass is 79.9. The molecule has 0 saturated carbocycles. The van der Waals surface area contributed by atoms with Crippen molar-refractivity contribution in [2.45, 2.75) is 5.33 Å². The predicted molar refractivity (Wildman–Crippen MR) is 64.2 cm³/mol. The van der Waals surface area contributed by atoms with Gasteiger partial charge in [-0.15, -0.1) is 11.3 Å². The lowest BCUT2D eigenvalue weighted by molar-refractivity contribution is 1.47. The summed E-state index contributed by atoms with van der Waals surface area (Å²) in [4.78, 5) is 0.591. The van der Waals surface area contributed by atoms with Gasteiger partial charge in [-0.3, -0.25) is 0 Å². The van der Waals surface area contributed by atoms with Gasteiger partial charge in [-0.25, -0.2) is 0 Å². The monoisotopic (exact) mass is 285 g/mol. The molecule has 0 amide bonds. The second-order valence-corrected chi connectivity index (χ2v) is 4.81. The summed E-state index contributed by atoms with van der Waals surface area (Å²) in [6, 6.07) is 8.15. The average molecular weight is 287 g/mol. The largest absolute Gasteiger partial charge is 0.191 e. The number of alkyl halides is 1. The summed E-state index contributed by atoms with van der Waals surface area (Å²) in [7, 11) is 0. The van der Waals surface area contributed by atoms with Crippen molar-refractivity contribution in [2.24, 2.45) is 0 Å². The Morgan fingerprint density at radius 2 is 2.29 bits per heavy atom. The van der Waals surface area contributed by atoms with Gasteiger partial charge in [0.1, 0.15) is 10.9 Å². The van der Waals surface area contributed by atoms with Crippen LogP contribution in [0.2, 0.25) is 5.02 Å². The number of nitriles is 1. The number of nitrogens with zero attached hydrogens (tertiary/aromatic N) is 1. The van der Waals surface area contributed by atoms with Gasteiger partial charge >= 0.3 is 0 Å². The molecule has 70 valence electrons. The third-order valence-electron chi connectivity index (χ3n) is 1.95. The lowest BCUT2D eigenvalue weighted by Gasteiger charge is -1.95. The second kappa shape index (κ2) is 3.90. The molecule has 0 atom stereocenters. The van der Waals surface area contributed by atoms with E-state index >= 15 is 0 Å². The highest BCUT2D eigenvalue weighted by Gasteiger charge is 2.09. The van der Waals surface area contributed by atoms with E-state index in [1.807, 2.05) is 18.2 Å². The highest BCUT2D eigenvalue weighted by Crippen LogP contribution is 2.35. The van der Waals surface area contributed by atoms with E-state index in [0.717, 1.165) is 15.4 Å². The van der Waals surface area contributed by atoms with Crippen molar-refractivity contribution in [1.29, 1.82) is 5.26 Å². The van der Waals surface area contributed by atoms with Crippen LogP contribution in [0.25, 0.3) is 10.1 Å². The zero-order chi connectivity index (χ0) is 10.1. The Bertz CT molecular complexity index is 527. The summed E-state index contributed by atoms with van der Waals surface area (Å²) in [5.41, 5.74) is 1.17. The first kappa shape index (κ1) is 9.97. The summed E-state index contributed by atoms with van der Waals surface area (Å²) in [5, 5.41) is 11.2. The maximum Gasteiger partial charge on any atom is 0.124 e. The lowest BCUT2D eigenvalue weighted by Crippen LogP contribution is -1.74. The number of thiophene rings is 1. The Hall–Kier alpha value is -0.560. The minimum atomic E-state index is 0.579. The van der Waals surface area contributed by atoms with E-state index in [2.05, 4.69) is 22.0 Å². The van der Waals surface area contributed by atoms with Crippen LogP contribution in [0.1, 0.15) is 10.4 Å². The van der Waals surface area contributed by atoms with E-state index in [1.54, 1.807) is 0 Å². The number of fused-ring (bicyclic) bond motifs is 1. The molecule has 1 nitrogen and oxygen atoms in total. The van der Waals surface area contributed by atoms with Crippen molar-refractivity contribution in [3.05, 3.63) is 33.7 Å². The summed E-state index contributed by atoms with van der Waals surface area (Å²) >= 11 is 10.9. The molecule has 2 rings (SSSR count). The van der Waals surface area contributed by atoms with E-state index in [0.29, 0.717) is 9.90 Å². The normalized spacial score (nSPS) is 10.4. The molecular weight excluding hydrogens is 282 g/mol. The van der Waals surface area contributed by atoms with Crippen LogP contribution in [0.5, 0.6) is 0 Å². The number of rotatable bonds is 1. The van der Waals surface area contributed by atoms with Gasteiger partial charge in [-0.2, -0.15) is 5.26 Å². The van der Waals surface area contributed by atoms with E-state index in [9.17, 15) is 0 Å². The van der Waals surface area contributed by atoms with E-state index in [1.165, 1.54) is 16.9 Å². The number of hydrogen-bond donors (Lipinski definition) is 0. The van der Waals surface area contributed by atoms with Crippen LogP contribution in [0, 0.1) is 11.3 Å². The zero-order valence-electron chi connectivity index (χ0n) is 7.05. The van der Waals surface area contributed by atoms with Gasteiger partial charge in [0.05, 0.1) is 5.02 Å². The minimum Gasteiger partial charge on any atom is -0.191 e. The molecule has 0 radical (unpaired) electrons. The van der Waals surface area contributed by atoms with Crippen LogP contribution in [-0.2, 0) is 5.33 Å². The van der Waals surface area contributed by atoms with E-state index < -0.39 is 0 Å². The van der Waals surface area contributed by atoms with Crippen LogP contribution < -0.4 is 0 Å². The van der Waals surface area contributed by atoms with Crippen molar-refractivity contribution < 1.29 is 0 Å². The fourth-order valence-corrected chi connectivity index (χ4v) is 2.86. The zero-order valence-corrected chi connectivity index (χ0v) is 10.2. The molecule has 0 aliphatic rings. The molecule has 0 spiro atoms. The number of halogens is 2. The first-order chi connectivity index (χ1) is 6.76. The smallest absolute Gasteiger partial charge is 0.124 e. The molecule has 2 aromatic rings. The van der Waals surface area contributed by atoms with Crippen LogP contribution in [-0.4, -0.2) is 0 Å². The summed E-state index contributed by atoms with van der Waals surface area (Å²) in [6.07, 6.45) is 0. The fourth-order valence-electron chi connectivity index (χ4n) is 1.27. The number of benzene rings is 1. The Labute approximate surface area is 99.0 Å². The third kappa shape index (κ3) is 1.54. The van der Waals surface area contributed by atoms with Crippen LogP contribution in [0.3, 0.4) is 0 Å². The molecule has 14 heavy (non-hydrogen) atoms. The van der Waals surface area contributed by atoms with Gasteiger partial charge in [-0.1, -0.05) is 33.6 Å². The molecule has 0 aliphatic heterocycles. The molecule has 1 aromatic carbocycles. The Balaban J connectivity index is 2.76. The molecular formula is C10H5BrClNS. The Morgan fingerprint density at radius 1 is 1.50 bits per heavy atom. The first-order valence-corrected chi connectivity index (χ1v) is 6.25. The van der Waals surface area contributed by atoms with Crippen LogP contribution in [0.4, 0.5) is 0 Å². The predicted octanol–water partition coefficient (Wildman–Crippen LogP) is 4.32. The Morgan fingerprint density at radius 3 is 2.93 bits per heavy atom. The van der Waals surface area contributed by atoms with E-state index in [4.69, 9.17) is 16.9 Å². The van der Waals surface area contributed by atoms with Gasteiger partial charge in [0.25, 0.3) is 0 Å². The van der Waals surface area contributed by atoms with Gasteiger partial charge in [0, 0.05) is 15.4 Å². The second-order valence-electron chi connectivity index (χ2n) is 2.82. The molecule has 1 heterocycles. The highest BCUT2D eigenvalue weighted by molar-refractivity contribution is 9.08. The molecule has 0 N–H and O–H groups in total. The quantitative estimate of drug-likeness (QED) is 0.716. The van der Waals surface area contributed by atoms with Crippen molar-refractivity contribution in [2.75, 3.05) is 0 Å². The van der Waals surface area contributed by atoms with Gasteiger partial charge < -0.3 is 0 Å². The number of hydrogen-bond acceptors (Lipinski definition) is 2. The molecule has 0 saturated heterocycles. The third-order valence-corrected chi connectivity index (χ3v) is 4.18. The fraction of sp³-hybridized carbons (Fsp3) is 0.100. The maximum atomic E-state index is 8.81. The van der Waals surface area contributed by atoms with Crippen LogP contribution >= 0.6 is 38.9 Å². The standard InChI is InChI=1S/C10H5BrClNS/c11-4-6-1-2-8-7(3-6)10(12)9(5-13)14-8/h1-3H,4H2. The lowest BCUT2D eigenvalue weighted by atomic mass is 10.2. The summed E-state index contributed by atoms with van der Waals surface area (Å²) < 4.78 is 1.07. The van der Waals surface area contributed by atoms with Crippen LogP contribution in [0.15, 0.2) is 18.2 Å². The average Bonchev–Trinajstić information content (AvgIpc) is 2.55. The van der Waals surface area contributed by atoms with Gasteiger partial charge in [-0.05, 0) is 17.7 Å². The van der Waals surface area contributed by atoms with Crippen molar-refractivity contribution >= 4 is 49.0 Å². The molecule has 0 fully saturated rings. The van der Waals surface area contributed by atoms with Gasteiger partial charge in [0.15, 0.2) is 0 Å². The Kier molecular flexibility index (Phi) is 2.78. The summed E-state index contributed by atoms with van der Waals surface area (Å²) in [5.74, 6) is 0. The molecule has 1 aromatic heterocycles.